The molecule has 3 rings (SSSR count). The van der Waals surface area contributed by atoms with Gasteiger partial charge in [-0.3, -0.25) is 0 Å². The van der Waals surface area contributed by atoms with E-state index in [1.165, 1.54) is 5.56 Å². The van der Waals surface area contributed by atoms with Crippen LogP contribution in [0.3, 0.4) is 0 Å². The molecule has 1 N–H and O–H groups in total. The van der Waals surface area contributed by atoms with Gasteiger partial charge in [-0.2, -0.15) is 0 Å². The van der Waals surface area contributed by atoms with Gasteiger partial charge in [0.2, 0.25) is 0 Å². The van der Waals surface area contributed by atoms with Crippen LogP contribution in [0.25, 0.3) is 17.0 Å². The van der Waals surface area contributed by atoms with Gasteiger partial charge in [0.05, 0.1) is 17.1 Å². The fraction of sp³-hybridized carbons (Fsp3) is 0.118. The molecule has 0 bridgehead atoms. The monoisotopic (exact) mass is 248 g/mol. The highest BCUT2D eigenvalue weighted by molar-refractivity contribution is 5.68. The Morgan fingerprint density at radius 1 is 1.05 bits per heavy atom. The molecule has 2 heterocycles. The lowest BCUT2D eigenvalue weighted by Crippen LogP contribution is -2.15. The summed E-state index contributed by atoms with van der Waals surface area (Å²) in [7, 11) is 0. The number of dihydropyridines is 1. The molecule has 0 atom stereocenters. The molecule has 0 saturated carbocycles. The van der Waals surface area contributed by atoms with Gasteiger partial charge in [0, 0.05) is 12.1 Å². The molecule has 1 aliphatic heterocycles. The van der Waals surface area contributed by atoms with Gasteiger partial charge in [-0.25, -0.2) is 4.98 Å². The van der Waals surface area contributed by atoms with E-state index in [0.29, 0.717) is 0 Å². The second-order valence-electron chi connectivity index (χ2n) is 4.67. The van der Waals surface area contributed by atoms with Crippen molar-refractivity contribution in [2.24, 2.45) is 0 Å². The zero-order valence-corrected chi connectivity index (χ0v) is 10.9. The van der Waals surface area contributed by atoms with Crippen molar-refractivity contribution in [1.82, 2.24) is 10.3 Å². The molecule has 1 aromatic heterocycles. The van der Waals surface area contributed by atoms with E-state index in [0.717, 1.165) is 29.2 Å². The molecule has 2 aromatic rings. The van der Waals surface area contributed by atoms with Crippen LogP contribution < -0.4 is 5.32 Å². The van der Waals surface area contributed by atoms with Crippen molar-refractivity contribution in [2.45, 2.75) is 6.92 Å². The molecular weight excluding hydrogens is 232 g/mol. The summed E-state index contributed by atoms with van der Waals surface area (Å²) in [5, 5.41) is 3.35. The van der Waals surface area contributed by atoms with E-state index < -0.39 is 0 Å². The number of nitrogens with one attached hydrogen (secondary N) is 1. The molecule has 2 nitrogen and oxygen atoms in total. The first-order valence-corrected chi connectivity index (χ1v) is 6.48. The largest absolute Gasteiger partial charge is 0.380 e. The number of benzene rings is 1. The first kappa shape index (κ1) is 11.7. The fourth-order valence-electron chi connectivity index (χ4n) is 2.20. The van der Waals surface area contributed by atoms with Crippen LogP contribution in [0, 0.1) is 6.92 Å². The van der Waals surface area contributed by atoms with E-state index in [1.54, 1.807) is 0 Å². The molecule has 0 amide bonds. The molecule has 94 valence electrons. The molecule has 19 heavy (non-hydrogen) atoms. The Morgan fingerprint density at radius 3 is 2.58 bits per heavy atom. The number of rotatable bonds is 2. The van der Waals surface area contributed by atoms with Gasteiger partial charge in [-0.05, 0) is 30.7 Å². The molecule has 2 heteroatoms. The van der Waals surface area contributed by atoms with Crippen LogP contribution in [0.1, 0.15) is 11.3 Å². The minimum absolute atomic E-state index is 0.863. The lowest BCUT2D eigenvalue weighted by molar-refractivity contribution is 0.980. The smallest absolute Gasteiger partial charge is 0.0871 e. The van der Waals surface area contributed by atoms with Gasteiger partial charge in [0.15, 0.2) is 0 Å². The number of hydrogen-bond donors (Lipinski definition) is 1. The molecule has 0 radical (unpaired) electrons. The predicted octanol–water partition coefficient (Wildman–Crippen LogP) is 3.56. The first-order valence-electron chi connectivity index (χ1n) is 6.48. The Kier molecular flexibility index (Phi) is 3.15. The van der Waals surface area contributed by atoms with Gasteiger partial charge in [-0.15, -0.1) is 0 Å². The summed E-state index contributed by atoms with van der Waals surface area (Å²) in [6.45, 7) is 2.97. The average molecular weight is 248 g/mol. The molecule has 0 spiro atoms. The topological polar surface area (TPSA) is 24.9 Å². The highest BCUT2D eigenvalue weighted by Crippen LogP contribution is 2.21. The second kappa shape index (κ2) is 5.11. The summed E-state index contributed by atoms with van der Waals surface area (Å²) in [4.78, 5) is 4.76. The Bertz CT molecular complexity index is 640. The predicted molar refractivity (Wildman–Crippen MR) is 79.5 cm³/mol. The molecule has 1 aliphatic rings. The Labute approximate surface area is 113 Å². The Morgan fingerprint density at radius 2 is 1.84 bits per heavy atom. The van der Waals surface area contributed by atoms with E-state index in [9.17, 15) is 0 Å². The van der Waals surface area contributed by atoms with Crippen molar-refractivity contribution in [3.63, 3.8) is 0 Å². The van der Waals surface area contributed by atoms with Crippen LogP contribution in [0.5, 0.6) is 0 Å². The summed E-state index contributed by atoms with van der Waals surface area (Å²) in [6, 6.07) is 14.5. The van der Waals surface area contributed by atoms with Crippen LogP contribution >= 0.6 is 0 Å². The van der Waals surface area contributed by atoms with E-state index in [4.69, 9.17) is 4.98 Å². The van der Waals surface area contributed by atoms with Crippen molar-refractivity contribution >= 4 is 5.70 Å². The zero-order chi connectivity index (χ0) is 13.1. The van der Waals surface area contributed by atoms with E-state index in [1.807, 2.05) is 18.2 Å². The lowest BCUT2D eigenvalue weighted by Gasteiger charge is -2.13. The summed E-state index contributed by atoms with van der Waals surface area (Å²) >= 11 is 0. The molecular formula is C17H16N2. The van der Waals surface area contributed by atoms with E-state index in [-0.39, 0.29) is 0 Å². The quantitative estimate of drug-likeness (QED) is 0.879. The van der Waals surface area contributed by atoms with Crippen LogP contribution in [0.2, 0.25) is 0 Å². The summed E-state index contributed by atoms with van der Waals surface area (Å²) in [6.07, 6.45) is 6.23. The molecule has 0 aliphatic carbocycles. The van der Waals surface area contributed by atoms with Crippen LogP contribution in [0.4, 0.5) is 0 Å². The van der Waals surface area contributed by atoms with Crippen molar-refractivity contribution in [1.29, 1.82) is 0 Å². The van der Waals surface area contributed by atoms with Gasteiger partial charge in [0.1, 0.15) is 0 Å². The summed E-state index contributed by atoms with van der Waals surface area (Å²) < 4.78 is 0. The lowest BCUT2D eigenvalue weighted by atomic mass is 10.1. The van der Waals surface area contributed by atoms with Gasteiger partial charge in [0.25, 0.3) is 0 Å². The van der Waals surface area contributed by atoms with Gasteiger partial charge < -0.3 is 5.32 Å². The third kappa shape index (κ3) is 2.58. The van der Waals surface area contributed by atoms with Crippen LogP contribution in [-0.2, 0) is 0 Å². The van der Waals surface area contributed by atoms with Crippen molar-refractivity contribution in [3.05, 3.63) is 72.0 Å². The van der Waals surface area contributed by atoms with Crippen molar-refractivity contribution in [2.75, 3.05) is 6.54 Å². The molecule has 1 aromatic carbocycles. The third-order valence-corrected chi connectivity index (χ3v) is 3.12. The van der Waals surface area contributed by atoms with E-state index >= 15 is 0 Å². The van der Waals surface area contributed by atoms with Crippen LogP contribution in [0.15, 0.2) is 60.7 Å². The maximum atomic E-state index is 4.76. The van der Waals surface area contributed by atoms with E-state index in [2.05, 4.69) is 54.7 Å². The minimum atomic E-state index is 0.863. The van der Waals surface area contributed by atoms with Crippen molar-refractivity contribution < 1.29 is 0 Å². The number of allylic oxidation sites excluding steroid dienone is 2. The molecule has 0 unspecified atom stereocenters. The number of pyridine rings is 1. The third-order valence-electron chi connectivity index (χ3n) is 3.12. The highest BCUT2D eigenvalue weighted by Gasteiger charge is 2.07. The number of aromatic nitrogens is 1. The summed E-state index contributed by atoms with van der Waals surface area (Å²) in [5.41, 5.74) is 5.49. The number of nitrogens with zero attached hydrogens (tertiary/aromatic N) is 1. The summed E-state index contributed by atoms with van der Waals surface area (Å²) in [5.74, 6) is 0. The zero-order valence-electron chi connectivity index (χ0n) is 10.9. The minimum Gasteiger partial charge on any atom is -0.380 e. The molecule has 0 saturated heterocycles. The number of aryl methyl sites for hydroxylation is 1. The Balaban J connectivity index is 2.06. The second-order valence-corrected chi connectivity index (χ2v) is 4.67. The van der Waals surface area contributed by atoms with Crippen molar-refractivity contribution in [3.8, 4) is 11.3 Å². The standard InChI is InChI=1S/C17H16N2/c1-13-11-16(14-7-3-2-4-8-14)19-17(12-13)15-9-5-6-10-18-15/h2-9,11-12,18H,10H2,1H3. The Hall–Kier alpha value is -2.35. The first-order chi connectivity index (χ1) is 9.33. The highest BCUT2D eigenvalue weighted by atomic mass is 14.9. The maximum absolute atomic E-state index is 4.76. The SMILES string of the molecule is Cc1cc(C2=CC=CCN2)nc(-c2ccccc2)c1. The molecule has 0 fully saturated rings. The normalized spacial score (nSPS) is 13.8. The maximum Gasteiger partial charge on any atom is 0.0871 e. The van der Waals surface area contributed by atoms with Crippen LogP contribution in [-0.4, -0.2) is 11.5 Å². The van der Waals surface area contributed by atoms with Gasteiger partial charge in [-0.1, -0.05) is 42.5 Å². The number of hydrogen-bond acceptors (Lipinski definition) is 2. The fourth-order valence-corrected chi connectivity index (χ4v) is 2.20. The van der Waals surface area contributed by atoms with Gasteiger partial charge >= 0.3 is 0 Å². The average Bonchev–Trinajstić information content (AvgIpc) is 2.48.